The number of carboxylic acids is 1. The van der Waals surface area contributed by atoms with E-state index in [1.54, 1.807) is 4.90 Å². The number of amides is 1. The molecule has 0 radical (unpaired) electrons. The van der Waals surface area contributed by atoms with Crippen molar-refractivity contribution in [3.63, 3.8) is 0 Å². The second-order valence-corrected chi connectivity index (χ2v) is 11.3. The molecule has 2 aromatic carbocycles. The number of carbonyl (C=O) groups is 2. The lowest BCUT2D eigenvalue weighted by Crippen LogP contribution is -2.76. The molecule has 5 aliphatic heterocycles. The molecule has 10 nitrogen and oxygen atoms in total. The first-order valence-electron chi connectivity index (χ1n) is 13.7. The second kappa shape index (κ2) is 10.2. The van der Waals surface area contributed by atoms with Crippen molar-refractivity contribution in [3.05, 3.63) is 71.3 Å². The van der Waals surface area contributed by atoms with Crippen LogP contribution in [0, 0.1) is 5.92 Å². The molecule has 5 heterocycles. The zero-order valence-corrected chi connectivity index (χ0v) is 21.6. The van der Waals surface area contributed by atoms with E-state index in [0.29, 0.717) is 39.0 Å². The molecule has 2 aromatic rings. The van der Waals surface area contributed by atoms with Gasteiger partial charge in [0, 0.05) is 25.3 Å². The predicted molar refractivity (Wildman–Crippen MR) is 137 cm³/mol. The van der Waals surface area contributed by atoms with Gasteiger partial charge in [0.15, 0.2) is 18.3 Å². The fourth-order valence-corrected chi connectivity index (χ4v) is 7.13. The quantitative estimate of drug-likeness (QED) is 0.427. The van der Waals surface area contributed by atoms with Crippen LogP contribution in [0.15, 0.2) is 54.6 Å². The number of nitrogens with zero attached hydrogens (tertiary/aromatic N) is 2. The Hall–Kier alpha value is -3.02. The lowest BCUT2D eigenvalue weighted by atomic mass is 9.81. The number of hydrogen-bond donors (Lipinski definition) is 4. The highest BCUT2D eigenvalue weighted by molar-refractivity contribution is 5.73. The molecule has 7 rings (SSSR count). The van der Waals surface area contributed by atoms with E-state index in [0.717, 1.165) is 17.5 Å². The van der Waals surface area contributed by atoms with E-state index in [-0.39, 0.29) is 16.4 Å². The van der Waals surface area contributed by atoms with Crippen molar-refractivity contribution >= 4 is 12.1 Å². The SMILES string of the molecule is O=C(O)[C@@H]1O[C@H]([N+]23CCC(CC2)[C@@H](OC(=O)N2CCc4ccccc4[C@@H]2c2ccccc2)C3)[C@@H](O)[C@H](O)[C@H]1O. The summed E-state index contributed by atoms with van der Waals surface area (Å²) in [6.45, 7) is 2.05. The summed E-state index contributed by atoms with van der Waals surface area (Å²) in [5.41, 5.74) is 3.29. The minimum absolute atomic E-state index is 0.146. The number of benzene rings is 2. The standard InChI is InChI=1S/C29H34N2O8/c32-23-24(33)26(28(35)36)39-27(25(23)34)31-14-11-18(12-15-31)21(16-31)38-29(37)30-13-10-17-6-4-5-9-20(17)22(30)19-7-2-1-3-8-19/h1-9,18,21-27,32-34H,10-16H2/p+1/t18?,21-,22-,23+,24+,25-,26+,27-,31?/m0/s1. The number of fused-ring (bicyclic) bond motifs is 4. The Labute approximate surface area is 226 Å². The highest BCUT2D eigenvalue weighted by atomic mass is 16.6. The molecule has 10 heteroatoms. The third kappa shape index (κ3) is 4.50. The number of aliphatic hydroxyl groups is 3. The molecule has 7 atom stereocenters. The lowest BCUT2D eigenvalue weighted by Gasteiger charge is -2.57. The Balaban J connectivity index is 1.24. The number of aliphatic hydroxyl groups excluding tert-OH is 3. The van der Waals surface area contributed by atoms with E-state index in [9.17, 15) is 30.0 Å². The van der Waals surface area contributed by atoms with Crippen LogP contribution in [0.2, 0.25) is 0 Å². The van der Waals surface area contributed by atoms with Gasteiger partial charge in [0.05, 0.1) is 19.1 Å². The first kappa shape index (κ1) is 26.2. The Kier molecular flexibility index (Phi) is 6.84. The lowest BCUT2D eigenvalue weighted by molar-refractivity contribution is -0.993. The normalized spacial score (nSPS) is 37.7. The number of piperidine rings is 3. The number of aliphatic carboxylic acids is 1. The summed E-state index contributed by atoms with van der Waals surface area (Å²) in [5.74, 6) is -1.25. The Morgan fingerprint density at radius 2 is 1.62 bits per heavy atom. The minimum atomic E-state index is -1.74. The molecule has 0 spiro atoms. The third-order valence-electron chi connectivity index (χ3n) is 9.22. The molecular formula is C29H35N2O8+. The van der Waals surface area contributed by atoms with Crippen LogP contribution in [-0.2, 0) is 20.7 Å². The maximum Gasteiger partial charge on any atom is 0.411 e. The van der Waals surface area contributed by atoms with Gasteiger partial charge in [-0.1, -0.05) is 54.6 Å². The summed E-state index contributed by atoms with van der Waals surface area (Å²) in [7, 11) is 0. The molecule has 0 aliphatic carbocycles. The maximum atomic E-state index is 13.8. The topological polar surface area (TPSA) is 137 Å². The molecule has 4 saturated heterocycles. The predicted octanol–water partition coefficient (Wildman–Crippen LogP) is 1.27. The van der Waals surface area contributed by atoms with Crippen molar-refractivity contribution in [1.82, 2.24) is 4.90 Å². The van der Waals surface area contributed by atoms with E-state index >= 15 is 0 Å². The van der Waals surface area contributed by atoms with Crippen molar-refractivity contribution in [2.24, 2.45) is 5.92 Å². The molecule has 39 heavy (non-hydrogen) atoms. The summed E-state index contributed by atoms with van der Waals surface area (Å²) in [6.07, 6.45) is -6.26. The average Bonchev–Trinajstić information content (AvgIpc) is 2.96. The highest BCUT2D eigenvalue weighted by Crippen LogP contribution is 2.42. The van der Waals surface area contributed by atoms with Crippen LogP contribution in [0.4, 0.5) is 4.79 Å². The van der Waals surface area contributed by atoms with E-state index in [1.807, 2.05) is 42.5 Å². The number of carboxylic acid groups (broad SMARTS) is 1. The van der Waals surface area contributed by atoms with Crippen molar-refractivity contribution in [3.8, 4) is 0 Å². The van der Waals surface area contributed by atoms with Gasteiger partial charge in [0.1, 0.15) is 18.8 Å². The van der Waals surface area contributed by atoms with Crippen molar-refractivity contribution in [2.45, 2.75) is 62.1 Å². The monoisotopic (exact) mass is 539 g/mol. The number of carbonyl (C=O) groups excluding carboxylic acids is 1. The Morgan fingerprint density at radius 3 is 2.33 bits per heavy atom. The van der Waals surface area contributed by atoms with Gasteiger partial charge < -0.3 is 29.9 Å². The molecule has 1 amide bonds. The molecule has 4 fully saturated rings. The first-order valence-corrected chi connectivity index (χ1v) is 13.7. The van der Waals surface area contributed by atoms with E-state index in [2.05, 4.69) is 12.1 Å². The minimum Gasteiger partial charge on any atom is -0.479 e. The Bertz CT molecular complexity index is 1220. The van der Waals surface area contributed by atoms with E-state index < -0.39 is 48.8 Å². The fourth-order valence-electron chi connectivity index (χ4n) is 7.13. The molecule has 4 N–H and O–H groups in total. The average molecular weight is 540 g/mol. The third-order valence-corrected chi connectivity index (χ3v) is 9.22. The zero-order valence-electron chi connectivity index (χ0n) is 21.6. The summed E-state index contributed by atoms with van der Waals surface area (Å²) in [6, 6.07) is 17.8. The highest BCUT2D eigenvalue weighted by Gasteiger charge is 2.60. The number of quaternary nitrogens is 1. The van der Waals surface area contributed by atoms with Crippen LogP contribution in [0.5, 0.6) is 0 Å². The van der Waals surface area contributed by atoms with Gasteiger partial charge in [-0.05, 0) is 23.1 Å². The summed E-state index contributed by atoms with van der Waals surface area (Å²) < 4.78 is 12.1. The van der Waals surface area contributed by atoms with Gasteiger partial charge in [-0.25, -0.2) is 9.59 Å². The summed E-state index contributed by atoms with van der Waals surface area (Å²) in [4.78, 5) is 27.3. The van der Waals surface area contributed by atoms with Crippen molar-refractivity contribution in [2.75, 3.05) is 26.2 Å². The maximum absolute atomic E-state index is 13.8. The van der Waals surface area contributed by atoms with Gasteiger partial charge in [0.25, 0.3) is 0 Å². The first-order chi connectivity index (χ1) is 18.8. The van der Waals surface area contributed by atoms with Gasteiger partial charge in [0.2, 0.25) is 6.23 Å². The van der Waals surface area contributed by atoms with Crippen LogP contribution in [0.1, 0.15) is 35.6 Å². The number of hydrogen-bond acceptors (Lipinski definition) is 7. The van der Waals surface area contributed by atoms with Gasteiger partial charge in [-0.15, -0.1) is 0 Å². The molecule has 0 unspecified atom stereocenters. The van der Waals surface area contributed by atoms with E-state index in [1.165, 1.54) is 5.56 Å². The molecule has 0 saturated carbocycles. The van der Waals surface area contributed by atoms with Crippen LogP contribution in [0.3, 0.4) is 0 Å². The van der Waals surface area contributed by atoms with Crippen LogP contribution in [0.25, 0.3) is 0 Å². The van der Waals surface area contributed by atoms with Crippen LogP contribution in [-0.4, -0.2) is 105 Å². The molecule has 0 aromatic heterocycles. The number of rotatable bonds is 4. The fraction of sp³-hybridized carbons (Fsp3) is 0.517. The number of ether oxygens (including phenoxy) is 2. The molecule has 2 bridgehead atoms. The van der Waals surface area contributed by atoms with Crippen LogP contribution < -0.4 is 0 Å². The smallest absolute Gasteiger partial charge is 0.411 e. The summed E-state index contributed by atoms with van der Waals surface area (Å²) >= 11 is 0. The van der Waals surface area contributed by atoms with Crippen LogP contribution >= 0.6 is 0 Å². The molecular weight excluding hydrogens is 504 g/mol. The van der Waals surface area contributed by atoms with E-state index in [4.69, 9.17) is 9.47 Å². The van der Waals surface area contributed by atoms with Gasteiger partial charge >= 0.3 is 12.1 Å². The van der Waals surface area contributed by atoms with Gasteiger partial charge in [-0.3, -0.25) is 9.38 Å². The van der Waals surface area contributed by atoms with Gasteiger partial charge in [-0.2, -0.15) is 0 Å². The second-order valence-electron chi connectivity index (χ2n) is 11.3. The van der Waals surface area contributed by atoms with Crippen molar-refractivity contribution in [1.29, 1.82) is 0 Å². The largest absolute Gasteiger partial charge is 0.479 e. The molecule has 5 aliphatic rings. The zero-order chi connectivity index (χ0) is 27.3. The molecule has 208 valence electrons. The Morgan fingerprint density at radius 1 is 0.923 bits per heavy atom. The summed E-state index contributed by atoms with van der Waals surface area (Å²) in [5, 5.41) is 41.0. The van der Waals surface area contributed by atoms with Crippen molar-refractivity contribution < 1.29 is 44.0 Å².